The van der Waals surface area contributed by atoms with Crippen LogP contribution in [0, 0.1) is 0 Å². The molecule has 1 rings (SSSR count). The Morgan fingerprint density at radius 1 is 1.50 bits per heavy atom. The van der Waals surface area contributed by atoms with Crippen molar-refractivity contribution >= 4 is 0 Å². The number of rotatable bonds is 1. The van der Waals surface area contributed by atoms with Crippen molar-refractivity contribution in [2.45, 2.75) is 51.4 Å². The third kappa shape index (κ3) is 1.70. The van der Waals surface area contributed by atoms with Crippen molar-refractivity contribution in [3.05, 3.63) is 0 Å². The molecule has 0 bridgehead atoms. The molecule has 1 heterocycles. The van der Waals surface area contributed by atoms with Gasteiger partial charge in [0, 0.05) is 0 Å². The Morgan fingerprint density at radius 3 is 2.70 bits per heavy atom. The van der Waals surface area contributed by atoms with Crippen molar-refractivity contribution in [1.82, 2.24) is 0 Å². The van der Waals surface area contributed by atoms with Crippen molar-refractivity contribution < 1.29 is 9.84 Å². The molecular formula is C8H16O2. The molecule has 0 spiro atoms. The van der Waals surface area contributed by atoms with Gasteiger partial charge in [-0.25, -0.2) is 0 Å². The predicted molar refractivity (Wildman–Crippen MR) is 39.9 cm³/mol. The minimum atomic E-state index is -0.234. The van der Waals surface area contributed by atoms with Crippen LogP contribution < -0.4 is 0 Å². The molecule has 0 aliphatic carbocycles. The highest BCUT2D eigenvalue weighted by molar-refractivity contribution is 4.74. The van der Waals surface area contributed by atoms with E-state index in [4.69, 9.17) is 4.74 Å². The molecule has 0 aromatic carbocycles. The van der Waals surface area contributed by atoms with Crippen LogP contribution in [0.25, 0.3) is 0 Å². The molecular weight excluding hydrogens is 128 g/mol. The Morgan fingerprint density at radius 2 is 2.20 bits per heavy atom. The fourth-order valence-corrected chi connectivity index (χ4v) is 1.35. The first-order valence-electron chi connectivity index (χ1n) is 4.07. The Bertz CT molecular complexity index is 103. The third-order valence-corrected chi connectivity index (χ3v) is 2.19. The van der Waals surface area contributed by atoms with Gasteiger partial charge >= 0.3 is 0 Å². The summed E-state index contributed by atoms with van der Waals surface area (Å²) in [6, 6.07) is 0. The largest absolute Gasteiger partial charge is 0.390 e. The SMILES string of the molecule is CCC1CC[C@@H](O)C(C)O1. The number of hydrogen-bond acceptors (Lipinski definition) is 2. The zero-order chi connectivity index (χ0) is 7.56. The third-order valence-electron chi connectivity index (χ3n) is 2.19. The second kappa shape index (κ2) is 3.35. The van der Waals surface area contributed by atoms with Gasteiger partial charge in [-0.1, -0.05) is 6.92 Å². The van der Waals surface area contributed by atoms with Crippen LogP contribution in [0.1, 0.15) is 33.1 Å². The lowest BCUT2D eigenvalue weighted by Crippen LogP contribution is -2.36. The molecule has 1 fully saturated rings. The lowest BCUT2D eigenvalue weighted by molar-refractivity contribution is -0.108. The highest BCUT2D eigenvalue weighted by atomic mass is 16.5. The van der Waals surface area contributed by atoms with Gasteiger partial charge in [-0.2, -0.15) is 0 Å². The van der Waals surface area contributed by atoms with Crippen molar-refractivity contribution in [2.75, 3.05) is 0 Å². The fourth-order valence-electron chi connectivity index (χ4n) is 1.35. The van der Waals surface area contributed by atoms with Gasteiger partial charge in [-0.3, -0.25) is 0 Å². The van der Waals surface area contributed by atoms with E-state index in [0.29, 0.717) is 6.10 Å². The lowest BCUT2D eigenvalue weighted by Gasteiger charge is -2.31. The first kappa shape index (κ1) is 8.02. The molecule has 0 saturated carbocycles. The van der Waals surface area contributed by atoms with Crippen LogP contribution in [0.2, 0.25) is 0 Å². The highest BCUT2D eigenvalue weighted by Gasteiger charge is 2.24. The lowest BCUT2D eigenvalue weighted by atomic mass is 10.0. The molecule has 1 N–H and O–H groups in total. The normalized spacial score (nSPS) is 41.7. The second-order valence-electron chi connectivity index (χ2n) is 3.02. The van der Waals surface area contributed by atoms with E-state index < -0.39 is 0 Å². The summed E-state index contributed by atoms with van der Waals surface area (Å²) in [6.07, 6.45) is 3.18. The average Bonchev–Trinajstić information content (AvgIpc) is 1.95. The van der Waals surface area contributed by atoms with Crippen molar-refractivity contribution in [3.63, 3.8) is 0 Å². The summed E-state index contributed by atoms with van der Waals surface area (Å²) < 4.78 is 5.50. The number of aliphatic hydroxyl groups is 1. The molecule has 1 aliphatic rings. The monoisotopic (exact) mass is 144 g/mol. The van der Waals surface area contributed by atoms with Crippen molar-refractivity contribution in [1.29, 1.82) is 0 Å². The minimum absolute atomic E-state index is 0.0405. The summed E-state index contributed by atoms with van der Waals surface area (Å²) in [4.78, 5) is 0. The molecule has 2 unspecified atom stereocenters. The number of hydrogen-bond donors (Lipinski definition) is 1. The molecule has 60 valence electrons. The molecule has 1 saturated heterocycles. The Kier molecular flexibility index (Phi) is 2.69. The van der Waals surface area contributed by atoms with Crippen LogP contribution in [-0.2, 0) is 4.74 Å². The molecule has 0 amide bonds. The minimum Gasteiger partial charge on any atom is -0.390 e. The molecule has 0 aromatic heterocycles. The predicted octanol–water partition coefficient (Wildman–Crippen LogP) is 1.32. The van der Waals surface area contributed by atoms with E-state index in [-0.39, 0.29) is 12.2 Å². The zero-order valence-electron chi connectivity index (χ0n) is 6.71. The summed E-state index contributed by atoms with van der Waals surface area (Å²) in [5.74, 6) is 0. The molecule has 10 heavy (non-hydrogen) atoms. The van der Waals surface area contributed by atoms with E-state index in [0.717, 1.165) is 19.3 Å². The van der Waals surface area contributed by atoms with Gasteiger partial charge in [-0.15, -0.1) is 0 Å². The van der Waals surface area contributed by atoms with Crippen molar-refractivity contribution in [2.24, 2.45) is 0 Å². The summed E-state index contributed by atoms with van der Waals surface area (Å²) in [5, 5.41) is 9.27. The average molecular weight is 144 g/mol. The van der Waals surface area contributed by atoms with Crippen LogP contribution in [0.5, 0.6) is 0 Å². The summed E-state index contributed by atoms with van der Waals surface area (Å²) >= 11 is 0. The van der Waals surface area contributed by atoms with Gasteiger partial charge in [0.1, 0.15) is 0 Å². The summed E-state index contributed by atoms with van der Waals surface area (Å²) in [5.41, 5.74) is 0. The summed E-state index contributed by atoms with van der Waals surface area (Å²) in [6.45, 7) is 4.06. The Balaban J connectivity index is 2.33. The smallest absolute Gasteiger partial charge is 0.0809 e. The van der Waals surface area contributed by atoms with Gasteiger partial charge in [0.15, 0.2) is 0 Å². The quantitative estimate of drug-likeness (QED) is 0.601. The first-order chi connectivity index (χ1) is 4.74. The molecule has 3 atom stereocenters. The first-order valence-corrected chi connectivity index (χ1v) is 4.07. The highest BCUT2D eigenvalue weighted by Crippen LogP contribution is 2.20. The number of ether oxygens (including phenoxy) is 1. The molecule has 0 radical (unpaired) electrons. The van der Waals surface area contributed by atoms with E-state index >= 15 is 0 Å². The number of aliphatic hydroxyl groups excluding tert-OH is 1. The van der Waals surface area contributed by atoms with Crippen LogP contribution in [0.15, 0.2) is 0 Å². The van der Waals surface area contributed by atoms with Crippen LogP contribution >= 0.6 is 0 Å². The van der Waals surface area contributed by atoms with Crippen LogP contribution in [0.3, 0.4) is 0 Å². The standard InChI is InChI=1S/C8H16O2/c1-3-7-4-5-8(9)6(2)10-7/h6-9H,3-5H2,1-2H3/t6?,7?,8-/m1/s1. The van der Waals surface area contributed by atoms with E-state index in [1.807, 2.05) is 6.92 Å². The maximum atomic E-state index is 9.27. The topological polar surface area (TPSA) is 29.5 Å². The van der Waals surface area contributed by atoms with E-state index in [1.165, 1.54) is 0 Å². The van der Waals surface area contributed by atoms with E-state index in [9.17, 15) is 5.11 Å². The molecule has 2 nitrogen and oxygen atoms in total. The van der Waals surface area contributed by atoms with Gasteiger partial charge in [0.25, 0.3) is 0 Å². The maximum absolute atomic E-state index is 9.27. The van der Waals surface area contributed by atoms with Gasteiger partial charge in [0.2, 0.25) is 0 Å². The van der Waals surface area contributed by atoms with Gasteiger partial charge in [0.05, 0.1) is 18.3 Å². The zero-order valence-corrected chi connectivity index (χ0v) is 6.71. The van der Waals surface area contributed by atoms with Gasteiger partial charge in [-0.05, 0) is 26.2 Å². The summed E-state index contributed by atoms with van der Waals surface area (Å²) in [7, 11) is 0. The maximum Gasteiger partial charge on any atom is 0.0809 e. The Labute approximate surface area is 62.2 Å². The van der Waals surface area contributed by atoms with Crippen LogP contribution in [0.4, 0.5) is 0 Å². The fraction of sp³-hybridized carbons (Fsp3) is 1.00. The van der Waals surface area contributed by atoms with E-state index in [1.54, 1.807) is 0 Å². The van der Waals surface area contributed by atoms with Crippen molar-refractivity contribution in [3.8, 4) is 0 Å². The molecule has 1 aliphatic heterocycles. The molecule has 0 aromatic rings. The van der Waals surface area contributed by atoms with Gasteiger partial charge < -0.3 is 9.84 Å². The second-order valence-corrected chi connectivity index (χ2v) is 3.02. The Hall–Kier alpha value is -0.0800. The van der Waals surface area contributed by atoms with Crippen LogP contribution in [-0.4, -0.2) is 23.4 Å². The molecule has 2 heteroatoms. The van der Waals surface area contributed by atoms with E-state index in [2.05, 4.69) is 6.92 Å².